The highest BCUT2D eigenvalue weighted by Crippen LogP contribution is 2.39. The molecule has 0 saturated heterocycles. The van der Waals surface area contributed by atoms with Crippen LogP contribution in [0.25, 0.3) is 122 Å². The second-order valence-electron chi connectivity index (χ2n) is 16.2. The molecule has 13 aromatic rings. The summed E-state index contributed by atoms with van der Waals surface area (Å²) in [6.45, 7) is 0. The maximum Gasteiger partial charge on any atom is 0.160 e. The van der Waals surface area contributed by atoms with E-state index in [1.807, 2.05) is 18.2 Å². The Hall–Kier alpha value is -8.54. The number of benzene rings is 9. The molecule has 0 bridgehead atoms. The normalized spacial score (nSPS) is 11.8. The number of hydrogen-bond acceptors (Lipinski definition) is 3. The third-order valence-corrected chi connectivity index (χ3v) is 12.5. The molecule has 13 rings (SSSR count). The molecule has 0 aliphatic rings. The smallest absolute Gasteiger partial charge is 0.160 e. The summed E-state index contributed by atoms with van der Waals surface area (Å²) in [5.41, 5.74) is 15.3. The van der Waals surface area contributed by atoms with Crippen molar-refractivity contribution < 1.29 is 4.42 Å². The molecular weight excluding hydrogens is 769 g/mol. The molecule has 0 radical (unpaired) electrons. The van der Waals surface area contributed by atoms with Gasteiger partial charge in [0.2, 0.25) is 0 Å². The van der Waals surface area contributed by atoms with Gasteiger partial charge in [-0.25, -0.2) is 9.97 Å². The second-order valence-corrected chi connectivity index (χ2v) is 16.2. The lowest BCUT2D eigenvalue weighted by atomic mass is 10.0. The molecule has 0 saturated carbocycles. The number of rotatable bonds is 6. The Kier molecular flexibility index (Phi) is 7.84. The van der Waals surface area contributed by atoms with Gasteiger partial charge in [-0.05, 0) is 77.9 Å². The highest BCUT2D eigenvalue weighted by atomic mass is 16.3. The van der Waals surface area contributed by atoms with Crippen molar-refractivity contribution in [3.63, 3.8) is 0 Å². The van der Waals surface area contributed by atoms with Crippen LogP contribution in [0.3, 0.4) is 0 Å². The number of fused-ring (bicyclic) bond motifs is 9. The van der Waals surface area contributed by atoms with E-state index in [-0.39, 0.29) is 0 Å². The molecule has 5 heteroatoms. The fraction of sp³-hybridized carbons (Fsp3) is 0. The van der Waals surface area contributed by atoms with Crippen LogP contribution in [0.1, 0.15) is 0 Å². The fourth-order valence-corrected chi connectivity index (χ4v) is 9.60. The predicted molar refractivity (Wildman–Crippen MR) is 260 cm³/mol. The molecule has 4 heterocycles. The van der Waals surface area contributed by atoms with Crippen molar-refractivity contribution in [3.8, 4) is 56.4 Å². The van der Waals surface area contributed by atoms with Crippen LogP contribution in [0, 0.1) is 0 Å². The number of nitrogens with zero attached hydrogens (tertiary/aromatic N) is 4. The average Bonchev–Trinajstić information content (AvgIpc) is 4.02. The van der Waals surface area contributed by atoms with E-state index in [2.05, 4.69) is 209 Å². The highest BCUT2D eigenvalue weighted by Gasteiger charge is 2.19. The van der Waals surface area contributed by atoms with Crippen LogP contribution < -0.4 is 0 Å². The Morgan fingerprint density at radius 3 is 1.27 bits per heavy atom. The van der Waals surface area contributed by atoms with Crippen molar-refractivity contribution in [3.05, 3.63) is 218 Å². The van der Waals surface area contributed by atoms with Gasteiger partial charge in [-0.1, -0.05) is 152 Å². The minimum absolute atomic E-state index is 0.649. The van der Waals surface area contributed by atoms with Gasteiger partial charge < -0.3 is 13.6 Å². The molecule has 294 valence electrons. The predicted octanol–water partition coefficient (Wildman–Crippen LogP) is 15.2. The van der Waals surface area contributed by atoms with E-state index in [9.17, 15) is 0 Å². The van der Waals surface area contributed by atoms with Crippen LogP contribution in [0.5, 0.6) is 0 Å². The molecule has 0 atom stereocenters. The van der Waals surface area contributed by atoms with Gasteiger partial charge in [0.05, 0.1) is 33.5 Å². The topological polar surface area (TPSA) is 48.8 Å². The van der Waals surface area contributed by atoms with Crippen LogP contribution in [0.4, 0.5) is 0 Å². The minimum atomic E-state index is 0.649. The highest BCUT2D eigenvalue weighted by molar-refractivity contribution is 6.11. The van der Waals surface area contributed by atoms with E-state index < -0.39 is 0 Å². The zero-order chi connectivity index (χ0) is 41.4. The first-order valence-electron chi connectivity index (χ1n) is 21.3. The van der Waals surface area contributed by atoms with Gasteiger partial charge in [-0.2, -0.15) is 0 Å². The lowest BCUT2D eigenvalue weighted by Gasteiger charge is -2.16. The molecule has 0 N–H and O–H groups in total. The Morgan fingerprint density at radius 1 is 0.286 bits per heavy atom. The van der Waals surface area contributed by atoms with Crippen LogP contribution in [-0.2, 0) is 0 Å². The monoisotopic (exact) mass is 804 g/mol. The summed E-state index contributed by atoms with van der Waals surface area (Å²) < 4.78 is 11.0. The van der Waals surface area contributed by atoms with Crippen molar-refractivity contribution in [2.75, 3.05) is 0 Å². The minimum Gasteiger partial charge on any atom is -0.456 e. The zero-order valence-corrected chi connectivity index (χ0v) is 34.0. The molecular formula is C58H36N4O. The Bertz CT molecular complexity index is 3670. The van der Waals surface area contributed by atoms with Gasteiger partial charge in [-0.15, -0.1) is 0 Å². The van der Waals surface area contributed by atoms with Crippen molar-refractivity contribution >= 4 is 65.6 Å². The van der Waals surface area contributed by atoms with E-state index >= 15 is 0 Å². The van der Waals surface area contributed by atoms with Crippen LogP contribution in [0.15, 0.2) is 223 Å². The Morgan fingerprint density at radius 2 is 0.714 bits per heavy atom. The van der Waals surface area contributed by atoms with Crippen molar-refractivity contribution in [1.82, 2.24) is 19.1 Å². The zero-order valence-electron chi connectivity index (χ0n) is 34.0. The van der Waals surface area contributed by atoms with Gasteiger partial charge in [0.25, 0.3) is 0 Å². The van der Waals surface area contributed by atoms with Gasteiger partial charge in [0.1, 0.15) is 11.2 Å². The van der Waals surface area contributed by atoms with E-state index in [1.165, 1.54) is 21.5 Å². The summed E-state index contributed by atoms with van der Waals surface area (Å²) in [6.07, 6.45) is 0. The van der Waals surface area contributed by atoms with Crippen LogP contribution in [0.2, 0.25) is 0 Å². The first kappa shape index (κ1) is 35.2. The lowest BCUT2D eigenvalue weighted by Crippen LogP contribution is -2.02. The third-order valence-electron chi connectivity index (χ3n) is 12.5. The maximum atomic E-state index is 6.25. The molecule has 0 amide bonds. The molecule has 4 aromatic heterocycles. The number of aromatic nitrogens is 4. The molecule has 63 heavy (non-hydrogen) atoms. The molecule has 0 fully saturated rings. The second kappa shape index (κ2) is 14.0. The molecule has 0 unspecified atom stereocenters. The maximum absolute atomic E-state index is 6.25. The fourth-order valence-electron chi connectivity index (χ4n) is 9.60. The molecule has 5 nitrogen and oxygen atoms in total. The Balaban J connectivity index is 1.02. The SMILES string of the molecule is c1ccc(-c2cc(-c3ccc(-c4ccc5c(c4)oc4ccccc45)cc3)nc(-c3cc(-n4c5ccccc5c5ccccc54)cc(-n4c5ccccc5c5ccccc54)c3)n2)cc1. The first-order chi connectivity index (χ1) is 31.2. The van der Waals surface area contributed by atoms with Crippen LogP contribution in [-0.4, -0.2) is 19.1 Å². The van der Waals surface area contributed by atoms with Crippen molar-refractivity contribution in [1.29, 1.82) is 0 Å². The van der Waals surface area contributed by atoms with Crippen LogP contribution >= 0.6 is 0 Å². The van der Waals surface area contributed by atoms with E-state index in [0.29, 0.717) is 5.82 Å². The van der Waals surface area contributed by atoms with Gasteiger partial charge in [-0.3, -0.25) is 0 Å². The summed E-state index contributed by atoms with van der Waals surface area (Å²) in [7, 11) is 0. The average molecular weight is 805 g/mol. The summed E-state index contributed by atoms with van der Waals surface area (Å²) in [5.74, 6) is 0.649. The molecule has 9 aromatic carbocycles. The van der Waals surface area contributed by atoms with Crippen molar-refractivity contribution in [2.24, 2.45) is 0 Å². The quantitative estimate of drug-likeness (QED) is 0.168. The summed E-state index contributed by atoms with van der Waals surface area (Å²) >= 11 is 0. The summed E-state index contributed by atoms with van der Waals surface area (Å²) in [5, 5.41) is 7.09. The van der Waals surface area contributed by atoms with E-state index in [4.69, 9.17) is 14.4 Å². The van der Waals surface area contributed by atoms with E-state index in [1.54, 1.807) is 0 Å². The van der Waals surface area contributed by atoms with Crippen molar-refractivity contribution in [2.45, 2.75) is 0 Å². The van der Waals surface area contributed by atoms with E-state index in [0.717, 1.165) is 94.6 Å². The van der Waals surface area contributed by atoms with Gasteiger partial charge in [0, 0.05) is 60.4 Å². The summed E-state index contributed by atoms with van der Waals surface area (Å²) in [6, 6.07) is 77.4. The molecule has 0 aliphatic heterocycles. The largest absolute Gasteiger partial charge is 0.456 e. The van der Waals surface area contributed by atoms with Gasteiger partial charge in [0.15, 0.2) is 5.82 Å². The summed E-state index contributed by atoms with van der Waals surface area (Å²) in [4.78, 5) is 10.8. The third kappa shape index (κ3) is 5.71. The first-order valence-corrected chi connectivity index (χ1v) is 21.3. The Labute approximate surface area is 362 Å². The number of para-hydroxylation sites is 5. The molecule has 0 aliphatic carbocycles. The lowest BCUT2D eigenvalue weighted by molar-refractivity contribution is 0.669. The molecule has 0 spiro atoms. The number of furan rings is 1. The van der Waals surface area contributed by atoms with Gasteiger partial charge >= 0.3 is 0 Å². The number of hydrogen-bond donors (Lipinski definition) is 0. The standard InChI is InChI=1S/C58H36N4O/c1-2-14-38(15-3-1)50-36-51(39-28-26-37(27-29-39)40-30-31-49-48-20-8-13-25-56(48)63-57(49)34-40)60-58(59-50)41-32-42(61-52-21-9-4-16-44(52)45-17-5-10-22-53(45)61)35-43(33-41)62-54-23-11-6-18-46(54)47-19-7-12-24-55(47)62/h1-36H.